The molecule has 164 valence electrons. The number of nitrogens with one attached hydrogen (secondary N) is 2. The van der Waals surface area contributed by atoms with Crippen molar-refractivity contribution < 1.29 is 27.5 Å². The lowest BCUT2D eigenvalue weighted by Crippen LogP contribution is -2.39. The highest BCUT2D eigenvalue weighted by Gasteiger charge is 2.26. The van der Waals surface area contributed by atoms with Gasteiger partial charge in [0.2, 0.25) is 22.7 Å². The lowest BCUT2D eigenvalue weighted by Gasteiger charge is -2.23. The largest absolute Gasteiger partial charge is 0.454 e. The van der Waals surface area contributed by atoms with Crippen LogP contribution in [0.5, 0.6) is 11.5 Å². The van der Waals surface area contributed by atoms with Gasteiger partial charge in [-0.15, -0.1) is 6.58 Å². The number of para-hydroxylation sites is 1. The second-order valence-electron chi connectivity index (χ2n) is 6.54. The molecule has 10 heteroatoms. The van der Waals surface area contributed by atoms with Crippen LogP contribution in [0, 0.1) is 0 Å². The van der Waals surface area contributed by atoms with Crippen LogP contribution in [0.25, 0.3) is 0 Å². The number of amides is 2. The van der Waals surface area contributed by atoms with Crippen molar-refractivity contribution in [2.24, 2.45) is 0 Å². The molecular formula is C21H23N3O6S. The number of benzene rings is 2. The van der Waals surface area contributed by atoms with Crippen molar-refractivity contribution >= 4 is 33.2 Å². The third-order valence-electron chi connectivity index (χ3n) is 4.48. The number of anilines is 2. The van der Waals surface area contributed by atoms with Crippen molar-refractivity contribution in [1.82, 2.24) is 5.32 Å². The van der Waals surface area contributed by atoms with E-state index in [1.54, 1.807) is 36.4 Å². The van der Waals surface area contributed by atoms with Gasteiger partial charge in [0.15, 0.2) is 11.5 Å². The summed E-state index contributed by atoms with van der Waals surface area (Å²) < 4.78 is 36.9. The van der Waals surface area contributed by atoms with Crippen LogP contribution in [0.3, 0.4) is 0 Å². The average molecular weight is 445 g/mol. The SMILES string of the molecule is C=CCNC(=O)c1ccccc1NC(=O)CN(c1ccc2c(c1)OCO2)S(=O)(=O)CC. The molecule has 2 aromatic carbocycles. The highest BCUT2D eigenvalue weighted by atomic mass is 32.2. The van der Waals surface area contributed by atoms with Crippen LogP contribution in [-0.4, -0.2) is 45.9 Å². The van der Waals surface area contributed by atoms with Gasteiger partial charge in [0.25, 0.3) is 5.91 Å². The van der Waals surface area contributed by atoms with Gasteiger partial charge in [-0.05, 0) is 31.2 Å². The summed E-state index contributed by atoms with van der Waals surface area (Å²) in [5.74, 6) is -0.279. The van der Waals surface area contributed by atoms with Crippen molar-refractivity contribution in [3.63, 3.8) is 0 Å². The van der Waals surface area contributed by atoms with Crippen LogP contribution in [-0.2, 0) is 14.8 Å². The molecule has 0 saturated carbocycles. The summed E-state index contributed by atoms with van der Waals surface area (Å²) in [4.78, 5) is 25.1. The highest BCUT2D eigenvalue weighted by Crippen LogP contribution is 2.36. The van der Waals surface area contributed by atoms with E-state index in [0.29, 0.717) is 11.5 Å². The molecule has 0 spiro atoms. The monoisotopic (exact) mass is 445 g/mol. The Morgan fingerprint density at radius 1 is 1.16 bits per heavy atom. The van der Waals surface area contributed by atoms with E-state index >= 15 is 0 Å². The number of hydrogen-bond acceptors (Lipinski definition) is 6. The number of sulfonamides is 1. The van der Waals surface area contributed by atoms with Crippen LogP contribution in [0.15, 0.2) is 55.1 Å². The van der Waals surface area contributed by atoms with Gasteiger partial charge >= 0.3 is 0 Å². The van der Waals surface area contributed by atoms with Gasteiger partial charge in [0.1, 0.15) is 6.54 Å². The summed E-state index contributed by atoms with van der Waals surface area (Å²) >= 11 is 0. The molecular weight excluding hydrogens is 422 g/mol. The van der Waals surface area contributed by atoms with Crippen LogP contribution in [0.2, 0.25) is 0 Å². The first-order valence-corrected chi connectivity index (χ1v) is 11.1. The van der Waals surface area contributed by atoms with Gasteiger partial charge in [0.05, 0.1) is 22.7 Å². The van der Waals surface area contributed by atoms with E-state index in [9.17, 15) is 18.0 Å². The minimum absolute atomic E-state index is 0.0461. The number of ether oxygens (including phenoxy) is 2. The van der Waals surface area contributed by atoms with Gasteiger partial charge in [-0.1, -0.05) is 18.2 Å². The van der Waals surface area contributed by atoms with E-state index in [-0.39, 0.29) is 41.9 Å². The normalized spacial score (nSPS) is 12.2. The molecule has 1 aliphatic rings. The number of carbonyl (C=O) groups is 2. The van der Waals surface area contributed by atoms with E-state index < -0.39 is 22.5 Å². The Morgan fingerprint density at radius 2 is 1.90 bits per heavy atom. The zero-order valence-electron chi connectivity index (χ0n) is 17.0. The van der Waals surface area contributed by atoms with Gasteiger partial charge in [-0.2, -0.15) is 0 Å². The molecule has 1 heterocycles. The molecule has 0 radical (unpaired) electrons. The van der Waals surface area contributed by atoms with Crippen LogP contribution in [0.1, 0.15) is 17.3 Å². The van der Waals surface area contributed by atoms with Crippen molar-refractivity contribution in [3.8, 4) is 11.5 Å². The van der Waals surface area contributed by atoms with Crippen LogP contribution < -0.4 is 24.4 Å². The molecule has 0 fully saturated rings. The Labute approximate surface area is 180 Å². The third-order valence-corrected chi connectivity index (χ3v) is 6.23. The van der Waals surface area contributed by atoms with E-state index in [4.69, 9.17) is 9.47 Å². The molecule has 0 aliphatic carbocycles. The lowest BCUT2D eigenvalue weighted by atomic mass is 10.1. The summed E-state index contributed by atoms with van der Waals surface area (Å²) in [5.41, 5.74) is 0.803. The second kappa shape index (κ2) is 9.52. The maximum absolute atomic E-state index is 12.8. The minimum Gasteiger partial charge on any atom is -0.454 e. The van der Waals surface area contributed by atoms with Crippen molar-refractivity contribution in [1.29, 1.82) is 0 Å². The molecule has 31 heavy (non-hydrogen) atoms. The maximum Gasteiger partial charge on any atom is 0.253 e. The first-order valence-electron chi connectivity index (χ1n) is 9.53. The molecule has 2 N–H and O–H groups in total. The number of nitrogens with zero attached hydrogens (tertiary/aromatic N) is 1. The average Bonchev–Trinajstić information content (AvgIpc) is 3.24. The van der Waals surface area contributed by atoms with Gasteiger partial charge < -0.3 is 20.1 Å². The second-order valence-corrected chi connectivity index (χ2v) is 8.72. The molecule has 0 unspecified atom stereocenters. The molecule has 2 amide bonds. The Balaban J connectivity index is 1.83. The molecule has 2 aromatic rings. The quantitative estimate of drug-likeness (QED) is 0.572. The topological polar surface area (TPSA) is 114 Å². The summed E-state index contributed by atoms with van der Waals surface area (Å²) in [6, 6.07) is 11.1. The fourth-order valence-corrected chi connectivity index (χ4v) is 3.98. The van der Waals surface area contributed by atoms with E-state index in [2.05, 4.69) is 17.2 Å². The van der Waals surface area contributed by atoms with E-state index in [0.717, 1.165) is 4.31 Å². The zero-order chi connectivity index (χ0) is 22.4. The fraction of sp³-hybridized carbons (Fsp3) is 0.238. The number of fused-ring (bicyclic) bond motifs is 1. The van der Waals surface area contributed by atoms with Crippen LogP contribution >= 0.6 is 0 Å². The van der Waals surface area contributed by atoms with Gasteiger partial charge in [0, 0.05) is 12.6 Å². The molecule has 3 rings (SSSR count). The molecule has 0 atom stereocenters. The Hall–Kier alpha value is -3.53. The maximum atomic E-state index is 12.8. The van der Waals surface area contributed by atoms with Crippen molar-refractivity contribution in [3.05, 3.63) is 60.7 Å². The van der Waals surface area contributed by atoms with Crippen molar-refractivity contribution in [2.45, 2.75) is 6.92 Å². The van der Waals surface area contributed by atoms with Gasteiger partial charge in [-0.3, -0.25) is 13.9 Å². The Bertz CT molecular complexity index is 1100. The highest BCUT2D eigenvalue weighted by molar-refractivity contribution is 7.92. The van der Waals surface area contributed by atoms with E-state index in [1.807, 2.05) is 0 Å². The zero-order valence-corrected chi connectivity index (χ0v) is 17.8. The molecule has 0 bridgehead atoms. The predicted molar refractivity (Wildman–Crippen MR) is 117 cm³/mol. The molecule has 0 saturated heterocycles. The molecule has 9 nitrogen and oxygen atoms in total. The fourth-order valence-electron chi connectivity index (χ4n) is 2.92. The first kappa shape index (κ1) is 22.2. The molecule has 0 aromatic heterocycles. The summed E-state index contributed by atoms with van der Waals surface area (Å²) in [5, 5.41) is 5.27. The Kier molecular flexibility index (Phi) is 6.81. The minimum atomic E-state index is -3.77. The van der Waals surface area contributed by atoms with Gasteiger partial charge in [-0.25, -0.2) is 8.42 Å². The number of carbonyl (C=O) groups excluding carboxylic acids is 2. The summed E-state index contributed by atoms with van der Waals surface area (Å²) in [6.45, 7) is 4.88. The van der Waals surface area contributed by atoms with E-state index in [1.165, 1.54) is 19.1 Å². The summed E-state index contributed by atoms with van der Waals surface area (Å²) in [6.07, 6.45) is 1.54. The standard InChI is InChI=1S/C21H23N3O6S/c1-3-11-22-21(26)16-7-5-6-8-17(16)23-20(25)13-24(31(27,28)4-2)15-9-10-18-19(12-15)30-14-29-18/h3,5-10,12H,1,4,11,13-14H2,2H3,(H,22,26)(H,23,25). The summed E-state index contributed by atoms with van der Waals surface area (Å²) in [7, 11) is -3.77. The molecule has 1 aliphatic heterocycles. The van der Waals surface area contributed by atoms with Crippen molar-refractivity contribution in [2.75, 3.05) is 35.3 Å². The van der Waals surface area contributed by atoms with Crippen LogP contribution in [0.4, 0.5) is 11.4 Å². The first-order chi connectivity index (χ1) is 14.9. The Morgan fingerprint density at radius 3 is 2.65 bits per heavy atom. The third kappa shape index (κ3) is 5.15. The smallest absolute Gasteiger partial charge is 0.253 e. The lowest BCUT2D eigenvalue weighted by molar-refractivity contribution is -0.114. The number of rotatable bonds is 9. The predicted octanol–water partition coefficient (Wildman–Crippen LogP) is 2.13. The number of hydrogen-bond donors (Lipinski definition) is 2.